The summed E-state index contributed by atoms with van der Waals surface area (Å²) in [6, 6.07) is 0. The largest absolute Gasteiger partial charge is 0.399 e. The lowest BCUT2D eigenvalue weighted by molar-refractivity contribution is -0.196. The van der Waals surface area contributed by atoms with Crippen LogP contribution in [0.1, 0.15) is 59.8 Å². The number of aliphatic hydroxyl groups is 1. The summed E-state index contributed by atoms with van der Waals surface area (Å²) in [6.45, 7) is 8.11. The molecular formula is C22H31F3O2. The van der Waals surface area contributed by atoms with Crippen LogP contribution < -0.4 is 0 Å². The van der Waals surface area contributed by atoms with Crippen LogP contribution in [0.5, 0.6) is 0 Å². The van der Waals surface area contributed by atoms with Crippen molar-refractivity contribution >= 4 is 5.78 Å². The van der Waals surface area contributed by atoms with Gasteiger partial charge in [-0.25, -0.2) is 0 Å². The van der Waals surface area contributed by atoms with Gasteiger partial charge in [-0.2, -0.15) is 13.2 Å². The van der Waals surface area contributed by atoms with E-state index in [4.69, 9.17) is 0 Å². The van der Waals surface area contributed by atoms with Gasteiger partial charge in [-0.3, -0.25) is 4.79 Å². The Labute approximate surface area is 160 Å². The number of aliphatic hydroxyl groups excluding tert-OH is 1. The van der Waals surface area contributed by atoms with Crippen molar-refractivity contribution in [2.45, 2.75) is 72.1 Å². The fourth-order valence-corrected chi connectivity index (χ4v) is 3.20. The Balaban J connectivity index is 2.60. The SMILES string of the molecule is CC(C)=CCC/C(C)=C/CC/C(C)=C/C[C@@H]1C(O)C=CC(=O)C1C(F)(F)F. The van der Waals surface area contributed by atoms with Crippen LogP contribution in [-0.4, -0.2) is 23.2 Å². The summed E-state index contributed by atoms with van der Waals surface area (Å²) in [5.41, 5.74) is 3.58. The van der Waals surface area contributed by atoms with E-state index in [2.05, 4.69) is 32.9 Å². The van der Waals surface area contributed by atoms with Crippen molar-refractivity contribution in [1.82, 2.24) is 0 Å². The highest BCUT2D eigenvalue weighted by atomic mass is 19.4. The molecule has 0 saturated heterocycles. The first-order chi connectivity index (χ1) is 12.5. The summed E-state index contributed by atoms with van der Waals surface area (Å²) in [5.74, 6) is -4.25. The molecule has 0 aliphatic heterocycles. The van der Waals surface area contributed by atoms with Gasteiger partial charge < -0.3 is 5.11 Å². The van der Waals surface area contributed by atoms with Gasteiger partial charge in [0.05, 0.1) is 6.10 Å². The van der Waals surface area contributed by atoms with Crippen LogP contribution >= 0.6 is 0 Å². The van der Waals surface area contributed by atoms with Crippen molar-refractivity contribution in [3.8, 4) is 0 Å². The second kappa shape index (κ2) is 10.6. The molecule has 0 bridgehead atoms. The zero-order chi connectivity index (χ0) is 20.6. The number of ketones is 1. The Morgan fingerprint density at radius 1 is 1.04 bits per heavy atom. The summed E-state index contributed by atoms with van der Waals surface area (Å²) in [6.07, 6.45) is 5.85. The van der Waals surface area contributed by atoms with Crippen LogP contribution in [-0.2, 0) is 4.79 Å². The number of carbonyl (C=O) groups excluding carboxylic acids is 1. The molecule has 1 N–H and O–H groups in total. The zero-order valence-electron chi connectivity index (χ0n) is 16.6. The first-order valence-electron chi connectivity index (χ1n) is 9.43. The van der Waals surface area contributed by atoms with Crippen LogP contribution in [0.3, 0.4) is 0 Å². The molecule has 27 heavy (non-hydrogen) atoms. The number of carbonyl (C=O) groups is 1. The summed E-state index contributed by atoms with van der Waals surface area (Å²) in [7, 11) is 0. The molecule has 0 fully saturated rings. The molecule has 0 heterocycles. The minimum Gasteiger partial charge on any atom is -0.389 e. The van der Waals surface area contributed by atoms with Gasteiger partial charge in [-0.15, -0.1) is 0 Å². The van der Waals surface area contributed by atoms with E-state index in [1.54, 1.807) is 6.08 Å². The summed E-state index contributed by atoms with van der Waals surface area (Å²) in [4.78, 5) is 11.7. The molecular weight excluding hydrogens is 353 g/mol. The second-order valence-electron chi connectivity index (χ2n) is 7.63. The maximum Gasteiger partial charge on any atom is 0.399 e. The molecule has 5 heteroatoms. The number of rotatable bonds is 8. The van der Waals surface area contributed by atoms with Crippen LogP contribution in [0.2, 0.25) is 0 Å². The average molecular weight is 384 g/mol. The first-order valence-corrected chi connectivity index (χ1v) is 9.43. The molecule has 0 aromatic rings. The van der Waals surface area contributed by atoms with E-state index in [0.29, 0.717) is 0 Å². The Hall–Kier alpha value is -1.62. The quantitative estimate of drug-likeness (QED) is 0.514. The predicted molar refractivity (Wildman–Crippen MR) is 103 cm³/mol. The molecule has 0 saturated carbocycles. The van der Waals surface area contributed by atoms with Gasteiger partial charge >= 0.3 is 6.18 Å². The van der Waals surface area contributed by atoms with E-state index in [-0.39, 0.29) is 6.42 Å². The predicted octanol–water partition coefficient (Wildman–Crippen LogP) is 6.09. The second-order valence-corrected chi connectivity index (χ2v) is 7.63. The van der Waals surface area contributed by atoms with Gasteiger partial charge in [0.1, 0.15) is 5.92 Å². The third-order valence-electron chi connectivity index (χ3n) is 4.84. The maximum absolute atomic E-state index is 13.2. The van der Waals surface area contributed by atoms with E-state index in [0.717, 1.165) is 43.4 Å². The molecule has 1 aliphatic rings. The molecule has 0 amide bonds. The number of alkyl halides is 3. The monoisotopic (exact) mass is 384 g/mol. The molecule has 0 aromatic heterocycles. The molecule has 1 aliphatic carbocycles. The van der Waals surface area contributed by atoms with Crippen molar-refractivity contribution in [2.75, 3.05) is 0 Å². The van der Waals surface area contributed by atoms with Gasteiger partial charge in [0.2, 0.25) is 0 Å². The van der Waals surface area contributed by atoms with Crippen LogP contribution in [0.25, 0.3) is 0 Å². The zero-order valence-corrected chi connectivity index (χ0v) is 16.6. The van der Waals surface area contributed by atoms with Crippen LogP contribution in [0.4, 0.5) is 13.2 Å². The fraction of sp³-hybridized carbons (Fsp3) is 0.591. The Kier molecular flexibility index (Phi) is 9.23. The van der Waals surface area contributed by atoms with E-state index in [1.165, 1.54) is 11.1 Å². The van der Waals surface area contributed by atoms with Gasteiger partial charge in [-0.05, 0) is 65.9 Å². The maximum atomic E-state index is 13.2. The van der Waals surface area contributed by atoms with Gasteiger partial charge in [0.25, 0.3) is 0 Å². The van der Waals surface area contributed by atoms with Gasteiger partial charge in [0.15, 0.2) is 5.78 Å². The van der Waals surface area contributed by atoms with Crippen molar-refractivity contribution < 1.29 is 23.1 Å². The van der Waals surface area contributed by atoms with Gasteiger partial charge in [-0.1, -0.05) is 41.0 Å². The average Bonchev–Trinajstić information content (AvgIpc) is 2.54. The number of hydrogen-bond acceptors (Lipinski definition) is 2. The molecule has 3 atom stereocenters. The third-order valence-corrected chi connectivity index (χ3v) is 4.84. The first kappa shape index (κ1) is 23.4. The molecule has 0 radical (unpaired) electrons. The van der Waals surface area contributed by atoms with E-state index in [1.807, 2.05) is 6.92 Å². The van der Waals surface area contributed by atoms with Gasteiger partial charge in [0, 0.05) is 5.92 Å². The normalized spacial score (nSPS) is 24.3. The molecule has 1 rings (SSSR count). The van der Waals surface area contributed by atoms with E-state index >= 15 is 0 Å². The third kappa shape index (κ3) is 8.29. The Morgan fingerprint density at radius 2 is 1.59 bits per heavy atom. The summed E-state index contributed by atoms with van der Waals surface area (Å²) >= 11 is 0. The topological polar surface area (TPSA) is 37.3 Å². The highest BCUT2D eigenvalue weighted by molar-refractivity contribution is 5.93. The van der Waals surface area contributed by atoms with Crippen molar-refractivity contribution in [1.29, 1.82) is 0 Å². The summed E-state index contributed by atoms with van der Waals surface area (Å²) < 4.78 is 39.6. The lowest BCUT2D eigenvalue weighted by atomic mass is 9.77. The van der Waals surface area contributed by atoms with E-state index in [9.17, 15) is 23.1 Å². The standard InChI is InChI=1S/C22H31F3O2/c1-15(2)7-5-8-16(3)9-6-10-17(4)11-12-18-19(26)13-14-20(27)21(18)22(23,24)25/h7,9,11,13-14,18-19,21,26H,5-6,8,10,12H2,1-4H3/b16-9+,17-11+/t18-,19?,21?/m1/s1. The number of halogens is 3. The number of hydrogen-bond donors (Lipinski definition) is 1. The molecule has 152 valence electrons. The Bertz CT molecular complexity index is 620. The minimum absolute atomic E-state index is 0.0382. The molecule has 2 nitrogen and oxygen atoms in total. The number of allylic oxidation sites excluding steroid dienone is 7. The smallest absolute Gasteiger partial charge is 0.389 e. The van der Waals surface area contributed by atoms with E-state index < -0.39 is 29.9 Å². The van der Waals surface area contributed by atoms with Crippen LogP contribution in [0, 0.1) is 11.8 Å². The van der Waals surface area contributed by atoms with Crippen molar-refractivity contribution in [3.05, 3.63) is 47.1 Å². The van der Waals surface area contributed by atoms with Crippen molar-refractivity contribution in [2.24, 2.45) is 11.8 Å². The molecule has 2 unspecified atom stereocenters. The van der Waals surface area contributed by atoms with Crippen LogP contribution in [0.15, 0.2) is 47.1 Å². The minimum atomic E-state index is -4.64. The highest BCUT2D eigenvalue weighted by Crippen LogP contribution is 2.39. The molecule has 0 aromatic carbocycles. The molecule has 0 spiro atoms. The van der Waals surface area contributed by atoms with Crippen molar-refractivity contribution in [3.63, 3.8) is 0 Å². The fourth-order valence-electron chi connectivity index (χ4n) is 3.20. The Morgan fingerprint density at radius 3 is 2.15 bits per heavy atom. The lowest BCUT2D eigenvalue weighted by Crippen LogP contribution is -2.43. The highest BCUT2D eigenvalue weighted by Gasteiger charge is 2.51. The summed E-state index contributed by atoms with van der Waals surface area (Å²) in [5, 5.41) is 9.92. The lowest BCUT2D eigenvalue weighted by Gasteiger charge is -2.31.